The molecule has 1 fully saturated rings. The minimum Gasteiger partial charge on any atom is -0.351 e. The summed E-state index contributed by atoms with van der Waals surface area (Å²) < 4.78 is 3.45. The molecule has 0 aliphatic carbocycles. The average molecular weight is 312 g/mol. The molecule has 9 heteroatoms. The van der Waals surface area contributed by atoms with E-state index in [4.69, 9.17) is 0 Å². The zero-order valence-electron chi connectivity index (χ0n) is 12.6. The van der Waals surface area contributed by atoms with Crippen molar-refractivity contribution in [3.8, 4) is 0 Å². The molecule has 9 nitrogen and oxygen atoms in total. The number of aryl methyl sites for hydroxylation is 1. The Morgan fingerprint density at radius 2 is 2.30 bits per heavy atom. The zero-order chi connectivity index (χ0) is 15.8. The third-order valence-electron chi connectivity index (χ3n) is 3.97. The Labute approximate surface area is 131 Å². The summed E-state index contributed by atoms with van der Waals surface area (Å²) in [4.78, 5) is 18.7. The second-order valence-corrected chi connectivity index (χ2v) is 5.59. The van der Waals surface area contributed by atoms with Gasteiger partial charge in [-0.1, -0.05) is 0 Å². The Morgan fingerprint density at radius 1 is 1.39 bits per heavy atom. The van der Waals surface area contributed by atoms with Crippen LogP contribution < -0.4 is 10.2 Å². The number of anilines is 1. The van der Waals surface area contributed by atoms with Gasteiger partial charge >= 0.3 is 0 Å². The van der Waals surface area contributed by atoms with Crippen molar-refractivity contribution >= 4 is 17.4 Å². The van der Waals surface area contributed by atoms with Gasteiger partial charge in [-0.05, 0) is 12.5 Å². The maximum atomic E-state index is 12.2. The highest BCUT2D eigenvalue weighted by molar-refractivity contribution is 5.92. The molecule has 23 heavy (non-hydrogen) atoms. The molecule has 0 bridgehead atoms. The SMILES string of the molecule is Cn1ccc(C(=O)NC2CCN(c3nccn4cnnc34)C2)n1. The van der Waals surface area contributed by atoms with Gasteiger partial charge in [0.25, 0.3) is 5.91 Å². The summed E-state index contributed by atoms with van der Waals surface area (Å²) in [7, 11) is 1.79. The Kier molecular flexibility index (Phi) is 3.18. The molecule has 1 unspecified atom stereocenters. The standard InChI is InChI=1S/C14H16N8O/c1-20-5-3-11(19-20)14(23)17-10-2-6-21(8-10)12-13-18-16-9-22(13)7-4-15-12/h3-5,7,9-10H,2,6,8H2,1H3,(H,17,23). The van der Waals surface area contributed by atoms with E-state index in [0.717, 1.165) is 24.4 Å². The van der Waals surface area contributed by atoms with Crippen molar-refractivity contribution in [3.63, 3.8) is 0 Å². The first-order valence-corrected chi connectivity index (χ1v) is 7.40. The summed E-state index contributed by atoms with van der Waals surface area (Å²) in [6.45, 7) is 1.50. The van der Waals surface area contributed by atoms with Crippen molar-refractivity contribution in [1.29, 1.82) is 0 Å². The lowest BCUT2D eigenvalue weighted by atomic mass is 10.2. The average Bonchev–Trinajstić information content (AvgIpc) is 3.26. The van der Waals surface area contributed by atoms with Gasteiger partial charge in [0, 0.05) is 44.8 Å². The molecule has 0 radical (unpaired) electrons. The van der Waals surface area contributed by atoms with E-state index in [1.165, 1.54) is 0 Å². The van der Waals surface area contributed by atoms with Crippen LogP contribution in [0.4, 0.5) is 5.82 Å². The molecule has 3 aromatic rings. The van der Waals surface area contributed by atoms with Crippen molar-refractivity contribution in [2.75, 3.05) is 18.0 Å². The van der Waals surface area contributed by atoms with Crippen molar-refractivity contribution in [3.05, 3.63) is 36.7 Å². The molecular formula is C14H16N8O. The largest absolute Gasteiger partial charge is 0.351 e. The van der Waals surface area contributed by atoms with Gasteiger partial charge in [0.05, 0.1) is 0 Å². The van der Waals surface area contributed by atoms with Crippen LogP contribution in [0.1, 0.15) is 16.9 Å². The third kappa shape index (κ3) is 2.50. The van der Waals surface area contributed by atoms with Gasteiger partial charge in [0.1, 0.15) is 12.0 Å². The van der Waals surface area contributed by atoms with Crippen LogP contribution >= 0.6 is 0 Å². The van der Waals surface area contributed by atoms with E-state index in [0.29, 0.717) is 12.2 Å². The van der Waals surface area contributed by atoms with E-state index in [9.17, 15) is 4.79 Å². The monoisotopic (exact) mass is 312 g/mol. The van der Waals surface area contributed by atoms with Gasteiger partial charge in [-0.15, -0.1) is 10.2 Å². The lowest BCUT2D eigenvalue weighted by molar-refractivity contribution is 0.0934. The Balaban J connectivity index is 1.47. The molecule has 3 aromatic heterocycles. The molecule has 0 spiro atoms. The number of nitrogens with zero attached hydrogens (tertiary/aromatic N) is 7. The molecule has 118 valence electrons. The number of carbonyl (C=O) groups excluding carboxylic acids is 1. The van der Waals surface area contributed by atoms with E-state index in [1.807, 2.05) is 10.6 Å². The first-order chi connectivity index (χ1) is 11.2. The molecule has 0 aromatic carbocycles. The smallest absolute Gasteiger partial charge is 0.272 e. The molecule has 0 saturated carbocycles. The number of fused-ring (bicyclic) bond motifs is 1. The highest BCUT2D eigenvalue weighted by Crippen LogP contribution is 2.21. The van der Waals surface area contributed by atoms with Crippen molar-refractivity contribution in [1.82, 2.24) is 34.7 Å². The highest BCUT2D eigenvalue weighted by Gasteiger charge is 2.27. The predicted molar refractivity (Wildman–Crippen MR) is 82.1 cm³/mol. The quantitative estimate of drug-likeness (QED) is 0.724. The molecule has 1 saturated heterocycles. The number of hydrogen-bond acceptors (Lipinski definition) is 6. The third-order valence-corrected chi connectivity index (χ3v) is 3.97. The normalized spacial score (nSPS) is 17.8. The predicted octanol–water partition coefficient (Wildman–Crippen LogP) is -0.134. The Bertz CT molecular complexity index is 853. The topological polar surface area (TPSA) is 93.2 Å². The second kappa shape index (κ2) is 5.34. The number of nitrogens with one attached hydrogen (secondary N) is 1. The van der Waals surface area contributed by atoms with Crippen LogP contribution in [-0.4, -0.2) is 54.4 Å². The number of rotatable bonds is 3. The van der Waals surface area contributed by atoms with Crippen LogP contribution in [0.15, 0.2) is 31.0 Å². The Morgan fingerprint density at radius 3 is 3.13 bits per heavy atom. The zero-order valence-corrected chi connectivity index (χ0v) is 12.6. The fourth-order valence-electron chi connectivity index (χ4n) is 2.83. The molecular weight excluding hydrogens is 296 g/mol. The molecule has 1 N–H and O–H groups in total. The van der Waals surface area contributed by atoms with Crippen molar-refractivity contribution in [2.45, 2.75) is 12.5 Å². The van der Waals surface area contributed by atoms with Crippen LogP contribution in [0.5, 0.6) is 0 Å². The lowest BCUT2D eigenvalue weighted by Gasteiger charge is -2.17. The van der Waals surface area contributed by atoms with E-state index >= 15 is 0 Å². The minimum atomic E-state index is -0.147. The fourth-order valence-corrected chi connectivity index (χ4v) is 2.83. The van der Waals surface area contributed by atoms with Crippen LogP contribution in [0.3, 0.4) is 0 Å². The fraction of sp³-hybridized carbons (Fsp3) is 0.357. The van der Waals surface area contributed by atoms with Crippen molar-refractivity contribution < 1.29 is 4.79 Å². The van der Waals surface area contributed by atoms with Gasteiger partial charge in [0.2, 0.25) is 5.65 Å². The summed E-state index contributed by atoms with van der Waals surface area (Å²) in [6, 6.07) is 1.77. The van der Waals surface area contributed by atoms with Crippen LogP contribution in [0, 0.1) is 0 Å². The first kappa shape index (κ1) is 13.7. The Hall–Kier alpha value is -2.97. The minimum absolute atomic E-state index is 0.0643. The van der Waals surface area contributed by atoms with Crippen LogP contribution in [0.2, 0.25) is 0 Å². The van der Waals surface area contributed by atoms with E-state index in [2.05, 4.69) is 30.5 Å². The number of aromatic nitrogens is 6. The molecule has 1 aliphatic rings. The second-order valence-electron chi connectivity index (χ2n) is 5.59. The maximum absolute atomic E-state index is 12.2. The van der Waals surface area contributed by atoms with Gasteiger partial charge in [0.15, 0.2) is 5.82 Å². The maximum Gasteiger partial charge on any atom is 0.272 e. The molecule has 1 aliphatic heterocycles. The summed E-state index contributed by atoms with van der Waals surface area (Å²) in [6.07, 6.45) is 7.80. The van der Waals surface area contributed by atoms with Gasteiger partial charge < -0.3 is 10.2 Å². The van der Waals surface area contributed by atoms with E-state index in [-0.39, 0.29) is 11.9 Å². The molecule has 4 heterocycles. The van der Waals surface area contributed by atoms with Crippen molar-refractivity contribution in [2.24, 2.45) is 7.05 Å². The van der Waals surface area contributed by atoms with Gasteiger partial charge in [-0.2, -0.15) is 5.10 Å². The van der Waals surface area contributed by atoms with Crippen LogP contribution in [-0.2, 0) is 7.05 Å². The summed E-state index contributed by atoms with van der Waals surface area (Å²) >= 11 is 0. The molecule has 1 atom stereocenters. The molecule has 1 amide bonds. The van der Waals surface area contributed by atoms with E-state index in [1.54, 1.807) is 36.5 Å². The van der Waals surface area contributed by atoms with Crippen LogP contribution in [0.25, 0.3) is 5.65 Å². The molecule has 4 rings (SSSR count). The summed E-state index contributed by atoms with van der Waals surface area (Å²) in [5, 5.41) is 15.2. The van der Waals surface area contributed by atoms with Gasteiger partial charge in [-0.3, -0.25) is 13.9 Å². The highest BCUT2D eigenvalue weighted by atomic mass is 16.2. The van der Waals surface area contributed by atoms with E-state index < -0.39 is 0 Å². The number of hydrogen-bond donors (Lipinski definition) is 1. The van der Waals surface area contributed by atoms with Gasteiger partial charge in [-0.25, -0.2) is 4.98 Å². The number of amides is 1. The first-order valence-electron chi connectivity index (χ1n) is 7.40. The summed E-state index contributed by atoms with van der Waals surface area (Å²) in [5.74, 6) is 0.644. The lowest BCUT2D eigenvalue weighted by Crippen LogP contribution is -2.37. The number of carbonyl (C=O) groups is 1. The summed E-state index contributed by atoms with van der Waals surface area (Å²) in [5.41, 5.74) is 1.16.